The number of hydrogen-bond acceptors (Lipinski definition) is 5. The fourth-order valence-electron chi connectivity index (χ4n) is 8.65. The maximum Gasteiger partial charge on any atom is 0.249 e. The maximum absolute atomic E-state index is 12.6. The van der Waals surface area contributed by atoms with Crippen molar-refractivity contribution in [2.75, 3.05) is 6.61 Å². The van der Waals surface area contributed by atoms with Crippen LogP contribution >= 0.6 is 0 Å². The zero-order chi connectivity index (χ0) is 45.9. The van der Waals surface area contributed by atoms with Crippen LogP contribution in [0.25, 0.3) is 0 Å². The summed E-state index contributed by atoms with van der Waals surface area (Å²) in [5.74, 6) is -0.600. The zero-order valence-corrected chi connectivity index (χ0v) is 42.1. The van der Waals surface area contributed by atoms with Crippen molar-refractivity contribution in [3.63, 3.8) is 0 Å². The van der Waals surface area contributed by atoms with Gasteiger partial charge in [-0.25, -0.2) is 0 Å². The van der Waals surface area contributed by atoms with Gasteiger partial charge in [-0.1, -0.05) is 249 Å². The van der Waals surface area contributed by atoms with Gasteiger partial charge in [0.2, 0.25) is 5.91 Å². The first kappa shape index (κ1) is 61.5. The molecule has 4 atom stereocenters. The molecule has 0 aromatic carbocycles. The molecule has 0 aliphatic carbocycles. The summed E-state index contributed by atoms with van der Waals surface area (Å²) in [6.07, 6.45) is 63.6. The monoisotopic (exact) mass is 888 g/mol. The number of aliphatic hydroxyl groups is 4. The predicted octanol–water partition coefficient (Wildman–Crippen LogP) is 16.0. The Morgan fingerprint density at radius 2 is 0.667 bits per heavy atom. The predicted molar refractivity (Wildman–Crippen MR) is 274 cm³/mol. The molecule has 0 aromatic rings. The van der Waals surface area contributed by atoms with Crippen molar-refractivity contribution in [2.45, 2.75) is 314 Å². The Labute approximate surface area is 392 Å². The number of carbonyl (C=O) groups excluding carboxylic acids is 1. The Balaban J connectivity index is 3.68. The number of amides is 1. The highest BCUT2D eigenvalue weighted by molar-refractivity contribution is 5.80. The molecule has 6 heteroatoms. The van der Waals surface area contributed by atoms with E-state index in [4.69, 9.17) is 0 Å². The SMILES string of the molecule is CCCCCCCCCC/C=C\CCCCCCCCC(O)C(=O)NC(CO)C(O)C(O)CCC/C=C/CC/C=C/CCCCCCCCCCCCCCCCCCCCCC. The molecule has 0 heterocycles. The van der Waals surface area contributed by atoms with Gasteiger partial charge in [0.25, 0.3) is 0 Å². The highest BCUT2D eigenvalue weighted by atomic mass is 16.3. The van der Waals surface area contributed by atoms with Crippen molar-refractivity contribution in [3.8, 4) is 0 Å². The van der Waals surface area contributed by atoms with Gasteiger partial charge in [0.15, 0.2) is 0 Å². The van der Waals surface area contributed by atoms with E-state index >= 15 is 0 Å². The van der Waals surface area contributed by atoms with Crippen LogP contribution in [0.3, 0.4) is 0 Å². The summed E-state index contributed by atoms with van der Waals surface area (Å²) >= 11 is 0. The molecule has 0 radical (unpaired) electrons. The van der Waals surface area contributed by atoms with Crippen LogP contribution < -0.4 is 5.32 Å². The summed E-state index contributed by atoms with van der Waals surface area (Å²) < 4.78 is 0. The second kappa shape index (κ2) is 51.5. The molecule has 0 fully saturated rings. The van der Waals surface area contributed by atoms with Crippen LogP contribution in [0.1, 0.15) is 290 Å². The molecule has 0 rings (SSSR count). The Morgan fingerprint density at radius 1 is 0.381 bits per heavy atom. The first-order valence-electron chi connectivity index (χ1n) is 27.9. The normalized spacial score (nSPS) is 14.1. The fourth-order valence-corrected chi connectivity index (χ4v) is 8.65. The van der Waals surface area contributed by atoms with Gasteiger partial charge in [-0.05, 0) is 77.0 Å². The van der Waals surface area contributed by atoms with E-state index in [-0.39, 0.29) is 0 Å². The molecule has 5 N–H and O–H groups in total. The fraction of sp³-hybridized carbons (Fsp3) is 0.877. The molecular formula is C57H109NO5. The molecule has 0 aliphatic heterocycles. The third-order valence-corrected chi connectivity index (χ3v) is 13.1. The van der Waals surface area contributed by atoms with Crippen molar-refractivity contribution in [1.29, 1.82) is 0 Å². The molecule has 4 unspecified atom stereocenters. The lowest BCUT2D eigenvalue weighted by atomic mass is 10.00. The van der Waals surface area contributed by atoms with Gasteiger partial charge in [-0.2, -0.15) is 0 Å². The van der Waals surface area contributed by atoms with E-state index in [9.17, 15) is 25.2 Å². The quantitative estimate of drug-likeness (QED) is 0.0309. The second-order valence-electron chi connectivity index (χ2n) is 19.3. The van der Waals surface area contributed by atoms with Gasteiger partial charge < -0.3 is 25.7 Å². The third kappa shape index (κ3) is 45.5. The standard InChI is InChI=1S/C57H109NO5/c1-3-5-7-9-11-13-15-17-19-21-23-24-25-26-27-28-29-30-31-32-33-35-36-38-40-42-44-46-48-50-54(60)56(62)53(52-59)58-57(63)55(61)51-49-47-45-43-41-39-37-34-22-20-18-16-14-12-10-8-6-4-2/h22,34-36,42,44,53-56,59-62H,3-21,23-33,37-41,43,45-52H2,1-2H3,(H,58,63)/b34-22-,36-35+,44-42+. The van der Waals surface area contributed by atoms with Crippen LogP contribution in [0, 0.1) is 0 Å². The Bertz CT molecular complexity index is 997. The van der Waals surface area contributed by atoms with E-state index in [1.807, 2.05) is 0 Å². The first-order chi connectivity index (χ1) is 31.0. The van der Waals surface area contributed by atoms with E-state index < -0.39 is 36.9 Å². The smallest absolute Gasteiger partial charge is 0.249 e. The van der Waals surface area contributed by atoms with Crippen LogP contribution in [-0.4, -0.2) is 57.3 Å². The highest BCUT2D eigenvalue weighted by Crippen LogP contribution is 2.17. The van der Waals surface area contributed by atoms with E-state index in [1.165, 1.54) is 205 Å². The van der Waals surface area contributed by atoms with Crippen molar-refractivity contribution in [2.24, 2.45) is 0 Å². The van der Waals surface area contributed by atoms with E-state index in [1.54, 1.807) is 0 Å². The number of rotatable bonds is 51. The lowest BCUT2D eigenvalue weighted by Crippen LogP contribution is -2.53. The van der Waals surface area contributed by atoms with Crippen LogP contribution in [-0.2, 0) is 4.79 Å². The van der Waals surface area contributed by atoms with Crippen LogP contribution in [0.5, 0.6) is 0 Å². The van der Waals surface area contributed by atoms with Crippen molar-refractivity contribution >= 4 is 5.91 Å². The van der Waals surface area contributed by atoms with Gasteiger partial charge in [0.1, 0.15) is 12.2 Å². The lowest BCUT2D eigenvalue weighted by molar-refractivity contribution is -0.132. The summed E-state index contributed by atoms with van der Waals surface area (Å²) in [6.45, 7) is 4.06. The summed E-state index contributed by atoms with van der Waals surface area (Å²) in [5, 5.41) is 43.9. The summed E-state index contributed by atoms with van der Waals surface area (Å²) in [6, 6.07) is -1.01. The van der Waals surface area contributed by atoms with Gasteiger partial charge in [-0.15, -0.1) is 0 Å². The summed E-state index contributed by atoms with van der Waals surface area (Å²) in [7, 11) is 0. The van der Waals surface area contributed by atoms with Gasteiger partial charge in [0.05, 0.1) is 18.8 Å². The van der Waals surface area contributed by atoms with Gasteiger partial charge >= 0.3 is 0 Å². The molecule has 63 heavy (non-hydrogen) atoms. The Morgan fingerprint density at radius 3 is 1.00 bits per heavy atom. The molecule has 0 saturated carbocycles. The number of aliphatic hydroxyl groups excluding tert-OH is 4. The minimum absolute atomic E-state index is 0.353. The molecule has 0 saturated heterocycles. The number of nitrogens with one attached hydrogen (secondary N) is 1. The Hall–Kier alpha value is -1.47. The van der Waals surface area contributed by atoms with Crippen molar-refractivity contribution in [1.82, 2.24) is 5.32 Å². The molecule has 0 bridgehead atoms. The lowest BCUT2D eigenvalue weighted by Gasteiger charge is -2.27. The van der Waals surface area contributed by atoms with Gasteiger partial charge in [-0.3, -0.25) is 4.79 Å². The number of unbranched alkanes of at least 4 members (excludes halogenated alkanes) is 36. The van der Waals surface area contributed by atoms with E-state index in [0.29, 0.717) is 19.3 Å². The highest BCUT2D eigenvalue weighted by Gasteiger charge is 2.28. The van der Waals surface area contributed by atoms with Crippen LogP contribution in [0.4, 0.5) is 0 Å². The summed E-state index contributed by atoms with van der Waals surface area (Å²) in [4.78, 5) is 12.6. The van der Waals surface area contributed by atoms with Crippen molar-refractivity contribution < 1.29 is 25.2 Å². The molecule has 0 aromatic heterocycles. The van der Waals surface area contributed by atoms with Crippen LogP contribution in [0.15, 0.2) is 36.5 Å². The number of carbonyl (C=O) groups is 1. The average molecular weight is 889 g/mol. The minimum Gasteiger partial charge on any atom is -0.394 e. The van der Waals surface area contributed by atoms with Gasteiger partial charge in [0, 0.05) is 0 Å². The van der Waals surface area contributed by atoms with E-state index in [0.717, 1.165) is 51.4 Å². The van der Waals surface area contributed by atoms with Crippen molar-refractivity contribution in [3.05, 3.63) is 36.5 Å². The second-order valence-corrected chi connectivity index (χ2v) is 19.3. The minimum atomic E-state index is -1.29. The molecule has 1 amide bonds. The maximum atomic E-state index is 12.6. The molecule has 0 spiro atoms. The Kier molecular flexibility index (Phi) is 50.3. The van der Waals surface area contributed by atoms with Crippen LogP contribution in [0.2, 0.25) is 0 Å². The summed E-state index contributed by atoms with van der Waals surface area (Å²) in [5.41, 5.74) is 0. The molecule has 6 nitrogen and oxygen atoms in total. The largest absolute Gasteiger partial charge is 0.394 e. The number of hydrogen-bond donors (Lipinski definition) is 5. The first-order valence-corrected chi connectivity index (χ1v) is 27.9. The molecular weight excluding hydrogens is 779 g/mol. The molecule has 372 valence electrons. The topological polar surface area (TPSA) is 110 Å². The zero-order valence-electron chi connectivity index (χ0n) is 42.1. The number of allylic oxidation sites excluding steroid dienone is 6. The third-order valence-electron chi connectivity index (χ3n) is 13.1. The molecule has 0 aliphatic rings. The average Bonchev–Trinajstić information content (AvgIpc) is 3.29. The van der Waals surface area contributed by atoms with E-state index in [2.05, 4.69) is 55.6 Å².